The van der Waals surface area contributed by atoms with Crippen molar-refractivity contribution in [1.82, 2.24) is 9.80 Å². The molecule has 0 aromatic heterocycles. The fourth-order valence-electron chi connectivity index (χ4n) is 3.55. The van der Waals surface area contributed by atoms with Gasteiger partial charge >= 0.3 is 0 Å². The molecule has 3 rings (SSSR count). The molecule has 0 unspecified atom stereocenters. The zero-order valence-corrected chi connectivity index (χ0v) is 14.3. The van der Waals surface area contributed by atoms with Gasteiger partial charge in [-0.25, -0.2) is 0 Å². The van der Waals surface area contributed by atoms with Crippen molar-refractivity contribution in [3.05, 3.63) is 28.7 Å². The SMILES string of the molecule is Brc1ccc(NCCN2CCN(C3CCCC3)CC2)cc1. The third-order valence-corrected chi connectivity index (χ3v) is 5.38. The minimum atomic E-state index is 0.896. The molecule has 2 fully saturated rings. The Bertz CT molecular complexity index is 420. The van der Waals surface area contributed by atoms with E-state index in [0.717, 1.165) is 23.6 Å². The van der Waals surface area contributed by atoms with Crippen LogP contribution in [-0.4, -0.2) is 55.1 Å². The maximum absolute atomic E-state index is 3.51. The second-order valence-corrected chi connectivity index (χ2v) is 7.17. The summed E-state index contributed by atoms with van der Waals surface area (Å²) >= 11 is 3.47. The van der Waals surface area contributed by atoms with Crippen LogP contribution in [0.25, 0.3) is 0 Å². The Kier molecular flexibility index (Phi) is 5.55. The van der Waals surface area contributed by atoms with Gasteiger partial charge in [0.05, 0.1) is 0 Å². The van der Waals surface area contributed by atoms with E-state index >= 15 is 0 Å². The highest BCUT2D eigenvalue weighted by Gasteiger charge is 2.25. The molecule has 1 saturated carbocycles. The molecule has 1 saturated heterocycles. The Balaban J connectivity index is 1.34. The van der Waals surface area contributed by atoms with Crippen LogP contribution in [0.3, 0.4) is 0 Å². The maximum atomic E-state index is 3.51. The van der Waals surface area contributed by atoms with Gasteiger partial charge < -0.3 is 5.32 Å². The summed E-state index contributed by atoms with van der Waals surface area (Å²) in [4.78, 5) is 5.32. The van der Waals surface area contributed by atoms with Crippen molar-refractivity contribution in [2.75, 3.05) is 44.6 Å². The monoisotopic (exact) mass is 351 g/mol. The minimum Gasteiger partial charge on any atom is -0.384 e. The standard InChI is InChI=1S/C17H26BrN3/c18-15-5-7-16(8-6-15)19-9-10-20-11-13-21(14-12-20)17-3-1-2-4-17/h5-8,17,19H,1-4,9-14H2. The quantitative estimate of drug-likeness (QED) is 0.876. The summed E-state index contributed by atoms with van der Waals surface area (Å²) in [6.07, 6.45) is 5.76. The molecule has 0 atom stereocenters. The van der Waals surface area contributed by atoms with E-state index in [9.17, 15) is 0 Å². The molecule has 1 aromatic carbocycles. The number of anilines is 1. The molecule has 0 bridgehead atoms. The zero-order chi connectivity index (χ0) is 14.5. The highest BCUT2D eigenvalue weighted by atomic mass is 79.9. The Morgan fingerprint density at radius 1 is 1.00 bits per heavy atom. The third kappa shape index (κ3) is 4.44. The van der Waals surface area contributed by atoms with Crippen molar-refractivity contribution < 1.29 is 0 Å². The first-order valence-electron chi connectivity index (χ1n) is 8.27. The van der Waals surface area contributed by atoms with Crippen LogP contribution in [0.1, 0.15) is 25.7 Å². The number of nitrogens with one attached hydrogen (secondary N) is 1. The smallest absolute Gasteiger partial charge is 0.0341 e. The topological polar surface area (TPSA) is 18.5 Å². The van der Waals surface area contributed by atoms with Crippen molar-refractivity contribution in [1.29, 1.82) is 0 Å². The summed E-state index contributed by atoms with van der Waals surface area (Å²) in [5.74, 6) is 0. The molecule has 4 heteroatoms. The molecular weight excluding hydrogens is 326 g/mol. The second kappa shape index (κ2) is 7.61. The van der Waals surface area contributed by atoms with Crippen molar-refractivity contribution in [2.45, 2.75) is 31.7 Å². The van der Waals surface area contributed by atoms with Gasteiger partial charge in [-0.2, -0.15) is 0 Å². The van der Waals surface area contributed by atoms with E-state index in [1.807, 2.05) is 0 Å². The fourth-order valence-corrected chi connectivity index (χ4v) is 3.81. The molecule has 0 spiro atoms. The second-order valence-electron chi connectivity index (χ2n) is 6.25. The van der Waals surface area contributed by atoms with Crippen molar-refractivity contribution in [2.24, 2.45) is 0 Å². The molecule has 1 heterocycles. The van der Waals surface area contributed by atoms with Crippen LogP contribution in [0, 0.1) is 0 Å². The van der Waals surface area contributed by atoms with Crippen LogP contribution in [-0.2, 0) is 0 Å². The average molecular weight is 352 g/mol. The molecule has 1 aliphatic heterocycles. The largest absolute Gasteiger partial charge is 0.384 e. The fraction of sp³-hybridized carbons (Fsp3) is 0.647. The van der Waals surface area contributed by atoms with Gasteiger partial charge in [0.15, 0.2) is 0 Å². The summed E-state index contributed by atoms with van der Waals surface area (Å²) in [6, 6.07) is 9.32. The van der Waals surface area contributed by atoms with Gasteiger partial charge in [-0.15, -0.1) is 0 Å². The molecular formula is C17H26BrN3. The van der Waals surface area contributed by atoms with E-state index in [4.69, 9.17) is 0 Å². The first-order valence-corrected chi connectivity index (χ1v) is 9.06. The predicted molar refractivity (Wildman–Crippen MR) is 92.9 cm³/mol. The number of halogens is 1. The van der Waals surface area contributed by atoms with Gasteiger partial charge in [0, 0.05) is 55.5 Å². The summed E-state index contributed by atoms with van der Waals surface area (Å²) < 4.78 is 1.14. The molecule has 0 radical (unpaired) electrons. The first-order chi connectivity index (χ1) is 10.3. The van der Waals surface area contributed by atoms with E-state index in [2.05, 4.69) is 55.3 Å². The van der Waals surface area contributed by atoms with Crippen LogP contribution in [0.4, 0.5) is 5.69 Å². The highest BCUT2D eigenvalue weighted by molar-refractivity contribution is 9.10. The summed E-state index contributed by atoms with van der Waals surface area (Å²) in [5.41, 5.74) is 1.21. The van der Waals surface area contributed by atoms with Crippen LogP contribution < -0.4 is 5.32 Å². The zero-order valence-electron chi connectivity index (χ0n) is 12.7. The Labute approximate surface area is 136 Å². The number of hydrogen-bond donors (Lipinski definition) is 1. The number of benzene rings is 1. The predicted octanol–water partition coefficient (Wildman–Crippen LogP) is 3.42. The minimum absolute atomic E-state index is 0.896. The lowest BCUT2D eigenvalue weighted by Crippen LogP contribution is -2.50. The molecule has 116 valence electrons. The van der Waals surface area contributed by atoms with E-state index in [-0.39, 0.29) is 0 Å². The van der Waals surface area contributed by atoms with E-state index < -0.39 is 0 Å². The van der Waals surface area contributed by atoms with Gasteiger partial charge in [0.25, 0.3) is 0 Å². The Hall–Kier alpha value is -0.580. The van der Waals surface area contributed by atoms with Crippen LogP contribution in [0.5, 0.6) is 0 Å². The Morgan fingerprint density at radius 2 is 1.67 bits per heavy atom. The maximum Gasteiger partial charge on any atom is 0.0341 e. The lowest BCUT2D eigenvalue weighted by Gasteiger charge is -2.38. The summed E-state index contributed by atoms with van der Waals surface area (Å²) in [5, 5.41) is 3.51. The van der Waals surface area contributed by atoms with E-state index in [0.29, 0.717) is 0 Å². The van der Waals surface area contributed by atoms with Crippen molar-refractivity contribution in [3.8, 4) is 0 Å². The number of rotatable bonds is 5. The molecule has 1 N–H and O–H groups in total. The lowest BCUT2D eigenvalue weighted by molar-refractivity contribution is 0.100. The first kappa shape index (κ1) is 15.3. The van der Waals surface area contributed by atoms with Gasteiger partial charge in [-0.05, 0) is 37.1 Å². The molecule has 3 nitrogen and oxygen atoms in total. The molecule has 2 aliphatic rings. The number of nitrogens with zero attached hydrogens (tertiary/aromatic N) is 2. The Morgan fingerprint density at radius 3 is 2.33 bits per heavy atom. The van der Waals surface area contributed by atoms with Gasteiger partial charge in [-0.3, -0.25) is 9.80 Å². The average Bonchev–Trinajstić information content (AvgIpc) is 3.04. The van der Waals surface area contributed by atoms with Gasteiger partial charge in [-0.1, -0.05) is 28.8 Å². The lowest BCUT2D eigenvalue weighted by atomic mass is 10.2. The van der Waals surface area contributed by atoms with Gasteiger partial charge in [0.2, 0.25) is 0 Å². The van der Waals surface area contributed by atoms with Gasteiger partial charge in [0.1, 0.15) is 0 Å². The van der Waals surface area contributed by atoms with Crippen molar-refractivity contribution in [3.63, 3.8) is 0 Å². The van der Waals surface area contributed by atoms with E-state index in [1.165, 1.54) is 57.5 Å². The normalized spacial score (nSPS) is 21.8. The third-order valence-electron chi connectivity index (χ3n) is 4.85. The number of piperazine rings is 1. The molecule has 0 amide bonds. The van der Waals surface area contributed by atoms with Crippen LogP contribution >= 0.6 is 15.9 Å². The van der Waals surface area contributed by atoms with Crippen molar-refractivity contribution >= 4 is 21.6 Å². The summed E-state index contributed by atoms with van der Waals surface area (Å²) in [6.45, 7) is 7.18. The molecule has 1 aromatic rings. The molecule has 21 heavy (non-hydrogen) atoms. The van der Waals surface area contributed by atoms with E-state index in [1.54, 1.807) is 0 Å². The highest BCUT2D eigenvalue weighted by Crippen LogP contribution is 2.24. The van der Waals surface area contributed by atoms with Crippen LogP contribution in [0.15, 0.2) is 28.7 Å². The summed E-state index contributed by atoms with van der Waals surface area (Å²) in [7, 11) is 0. The molecule has 1 aliphatic carbocycles. The van der Waals surface area contributed by atoms with Crippen LogP contribution in [0.2, 0.25) is 0 Å². The number of hydrogen-bond acceptors (Lipinski definition) is 3.